The summed E-state index contributed by atoms with van der Waals surface area (Å²) in [4.78, 5) is 2.14. The van der Waals surface area contributed by atoms with Crippen LogP contribution in [0.15, 0.2) is 40.8 Å². The smallest absolute Gasteiger partial charge is 0.0464 e. The average Bonchev–Trinajstić information content (AvgIpc) is 2.52. The van der Waals surface area contributed by atoms with Crippen molar-refractivity contribution in [3.63, 3.8) is 0 Å². The van der Waals surface area contributed by atoms with Crippen molar-refractivity contribution >= 4 is 34.9 Å². The summed E-state index contributed by atoms with van der Waals surface area (Å²) in [5.74, 6) is 0. The van der Waals surface area contributed by atoms with Crippen molar-refractivity contribution < 1.29 is 0 Å². The zero-order valence-corrected chi connectivity index (χ0v) is 11.2. The summed E-state index contributed by atoms with van der Waals surface area (Å²) < 4.78 is 0. The summed E-state index contributed by atoms with van der Waals surface area (Å²) in [6.45, 7) is 2.24. The van der Waals surface area contributed by atoms with E-state index in [9.17, 15) is 0 Å². The summed E-state index contributed by atoms with van der Waals surface area (Å²) in [5.41, 5.74) is 1.53. The van der Waals surface area contributed by atoms with Crippen LogP contribution in [0.3, 0.4) is 0 Å². The number of allylic oxidation sites excluding steroid dienone is 2. The van der Waals surface area contributed by atoms with Gasteiger partial charge >= 0.3 is 0 Å². The summed E-state index contributed by atoms with van der Waals surface area (Å²) in [5, 5.41) is 1.50. The molecule has 0 saturated heterocycles. The lowest BCUT2D eigenvalue weighted by Gasteiger charge is -2.27. The Morgan fingerprint density at radius 3 is 3.07 bits per heavy atom. The quantitative estimate of drug-likeness (QED) is 0.511. The minimum absolute atomic E-state index is 0.690. The van der Waals surface area contributed by atoms with Gasteiger partial charge in [0.15, 0.2) is 0 Å². The maximum atomic E-state index is 5.99. The van der Waals surface area contributed by atoms with Gasteiger partial charge in [0.1, 0.15) is 0 Å². The SMILES string of the molecule is CC1=CCP2(=S)c3ccccc3SC2C1. The fourth-order valence-corrected chi connectivity index (χ4v) is 9.74. The van der Waals surface area contributed by atoms with Crippen LogP contribution in [-0.2, 0) is 11.8 Å². The third-order valence-corrected chi connectivity index (χ3v) is 11.0. The second kappa shape index (κ2) is 3.48. The molecule has 2 unspecified atom stereocenters. The molecule has 15 heavy (non-hydrogen) atoms. The van der Waals surface area contributed by atoms with Gasteiger partial charge in [-0.1, -0.05) is 41.7 Å². The lowest BCUT2D eigenvalue weighted by molar-refractivity contribution is 1.04. The Hall–Kier alpha value is -0.0400. The van der Waals surface area contributed by atoms with Crippen LogP contribution >= 0.6 is 17.8 Å². The minimum atomic E-state index is -1.28. The van der Waals surface area contributed by atoms with Gasteiger partial charge in [-0.15, -0.1) is 11.8 Å². The fraction of sp³-hybridized carbons (Fsp3) is 0.333. The third kappa shape index (κ3) is 1.46. The van der Waals surface area contributed by atoms with Crippen molar-refractivity contribution in [1.82, 2.24) is 0 Å². The van der Waals surface area contributed by atoms with Crippen LogP contribution in [0.1, 0.15) is 13.3 Å². The van der Waals surface area contributed by atoms with Gasteiger partial charge in [0, 0.05) is 21.2 Å². The highest BCUT2D eigenvalue weighted by atomic mass is 32.4. The first-order chi connectivity index (χ1) is 7.20. The molecule has 2 atom stereocenters. The molecule has 1 aromatic carbocycles. The van der Waals surface area contributed by atoms with Crippen LogP contribution in [0.2, 0.25) is 0 Å². The molecule has 0 N–H and O–H groups in total. The van der Waals surface area contributed by atoms with E-state index in [-0.39, 0.29) is 0 Å². The molecule has 3 heteroatoms. The minimum Gasteiger partial charge on any atom is -0.116 e. The van der Waals surface area contributed by atoms with Crippen LogP contribution in [-0.4, -0.2) is 11.2 Å². The van der Waals surface area contributed by atoms with Gasteiger partial charge in [0.05, 0.1) is 0 Å². The average molecular weight is 252 g/mol. The third-order valence-electron chi connectivity index (χ3n) is 3.21. The summed E-state index contributed by atoms with van der Waals surface area (Å²) >= 11 is 8.02. The molecule has 0 fully saturated rings. The second-order valence-electron chi connectivity index (χ2n) is 4.27. The highest BCUT2D eigenvalue weighted by Gasteiger charge is 2.39. The van der Waals surface area contributed by atoms with Gasteiger partial charge in [0.2, 0.25) is 0 Å². The summed E-state index contributed by atoms with van der Waals surface area (Å²) in [6, 6.07) is 7.49. The van der Waals surface area contributed by atoms with Crippen molar-refractivity contribution in [3.05, 3.63) is 35.9 Å². The number of rotatable bonds is 0. The predicted octanol–water partition coefficient (Wildman–Crippen LogP) is 3.57. The molecule has 0 amide bonds. The Morgan fingerprint density at radius 2 is 2.20 bits per heavy atom. The summed E-state index contributed by atoms with van der Waals surface area (Å²) in [6.07, 6.45) is 4.72. The Labute approximate surface area is 100 Å². The van der Waals surface area contributed by atoms with E-state index in [1.807, 2.05) is 11.8 Å². The molecule has 0 radical (unpaired) electrons. The molecule has 1 aromatic rings. The van der Waals surface area contributed by atoms with E-state index in [1.165, 1.54) is 22.2 Å². The first-order valence-corrected chi connectivity index (χ1v) is 9.14. The van der Waals surface area contributed by atoms with Crippen molar-refractivity contribution in [2.75, 3.05) is 6.16 Å². The molecular weight excluding hydrogens is 239 g/mol. The number of fused-ring (bicyclic) bond motifs is 3. The lowest BCUT2D eigenvalue weighted by atomic mass is 10.2. The van der Waals surface area contributed by atoms with E-state index in [4.69, 9.17) is 11.8 Å². The van der Waals surface area contributed by atoms with E-state index in [1.54, 1.807) is 0 Å². The Bertz CT molecular complexity index is 490. The zero-order valence-electron chi connectivity index (χ0n) is 8.64. The van der Waals surface area contributed by atoms with Gasteiger partial charge in [-0.05, 0) is 25.6 Å². The van der Waals surface area contributed by atoms with E-state index < -0.39 is 6.04 Å². The standard InChI is InChI=1S/C12H13PS2/c1-9-6-7-13(14)10-4-2-3-5-11(10)15-12(13)8-9/h2-6,12H,7-8H2,1H3. The molecule has 2 aliphatic heterocycles. The van der Waals surface area contributed by atoms with Crippen molar-refractivity contribution in [2.45, 2.75) is 23.2 Å². The molecule has 0 nitrogen and oxygen atoms in total. The number of thioether (sulfide) groups is 1. The molecular formula is C12H13PS2. The maximum Gasteiger partial charge on any atom is 0.0464 e. The number of hydrogen-bond acceptors (Lipinski definition) is 2. The van der Waals surface area contributed by atoms with Crippen LogP contribution in [0.5, 0.6) is 0 Å². The second-order valence-corrected chi connectivity index (χ2v) is 10.9. The monoisotopic (exact) mass is 252 g/mol. The van der Waals surface area contributed by atoms with Crippen LogP contribution in [0.25, 0.3) is 0 Å². The van der Waals surface area contributed by atoms with Gasteiger partial charge in [-0.2, -0.15) is 0 Å². The number of hydrogen-bond donors (Lipinski definition) is 0. The summed E-state index contributed by atoms with van der Waals surface area (Å²) in [7, 11) is 0. The van der Waals surface area contributed by atoms with E-state index in [2.05, 4.69) is 37.3 Å². The van der Waals surface area contributed by atoms with Crippen molar-refractivity contribution in [1.29, 1.82) is 0 Å². The first kappa shape index (κ1) is 10.1. The zero-order chi connectivity index (χ0) is 10.5. The molecule has 3 rings (SSSR count). The van der Waals surface area contributed by atoms with E-state index in [0.717, 1.165) is 6.16 Å². The molecule has 0 bridgehead atoms. The normalized spacial score (nSPS) is 33.1. The Morgan fingerprint density at radius 1 is 1.40 bits per heavy atom. The topological polar surface area (TPSA) is 0 Å². The van der Waals surface area contributed by atoms with Gasteiger partial charge in [-0.3, -0.25) is 0 Å². The maximum absolute atomic E-state index is 5.99. The lowest BCUT2D eigenvalue weighted by Crippen LogP contribution is -2.14. The fourth-order valence-electron chi connectivity index (χ4n) is 2.31. The Kier molecular flexibility index (Phi) is 2.35. The van der Waals surface area contributed by atoms with E-state index >= 15 is 0 Å². The van der Waals surface area contributed by atoms with Crippen LogP contribution < -0.4 is 5.30 Å². The molecule has 2 aliphatic rings. The molecule has 78 valence electrons. The van der Waals surface area contributed by atoms with Gasteiger partial charge in [0.25, 0.3) is 0 Å². The first-order valence-electron chi connectivity index (χ1n) is 5.21. The Balaban J connectivity index is 2.14. The molecule has 0 spiro atoms. The van der Waals surface area contributed by atoms with Gasteiger partial charge < -0.3 is 0 Å². The highest BCUT2D eigenvalue weighted by molar-refractivity contribution is 8.27. The number of benzene rings is 1. The molecule has 0 aromatic heterocycles. The molecule has 0 saturated carbocycles. The molecule has 0 aliphatic carbocycles. The largest absolute Gasteiger partial charge is 0.116 e. The molecule has 2 heterocycles. The van der Waals surface area contributed by atoms with Crippen LogP contribution in [0, 0.1) is 0 Å². The van der Waals surface area contributed by atoms with E-state index in [0.29, 0.717) is 4.99 Å². The van der Waals surface area contributed by atoms with Crippen LogP contribution in [0.4, 0.5) is 0 Å². The van der Waals surface area contributed by atoms with Gasteiger partial charge in [-0.25, -0.2) is 0 Å². The predicted molar refractivity (Wildman–Crippen MR) is 73.2 cm³/mol. The highest BCUT2D eigenvalue weighted by Crippen LogP contribution is 2.65. The van der Waals surface area contributed by atoms with Crippen molar-refractivity contribution in [3.8, 4) is 0 Å². The van der Waals surface area contributed by atoms with Crippen molar-refractivity contribution in [2.24, 2.45) is 0 Å².